The Bertz CT molecular complexity index is 200. The van der Waals surface area contributed by atoms with Crippen molar-refractivity contribution in [1.29, 1.82) is 0 Å². The predicted molar refractivity (Wildman–Crippen MR) is 58.3 cm³/mol. The SMILES string of the molecule is CC1OCCC1CNC1CCC1(C)C. The second-order valence-corrected chi connectivity index (χ2v) is 5.61. The summed E-state index contributed by atoms with van der Waals surface area (Å²) in [7, 11) is 0. The molecule has 1 aliphatic carbocycles. The van der Waals surface area contributed by atoms with E-state index in [1.54, 1.807) is 0 Å². The minimum absolute atomic E-state index is 0.464. The second kappa shape index (κ2) is 3.82. The Labute approximate surface area is 87.4 Å². The Kier molecular flexibility index (Phi) is 2.85. The van der Waals surface area contributed by atoms with Crippen molar-refractivity contribution < 1.29 is 4.74 Å². The molecule has 2 aliphatic rings. The van der Waals surface area contributed by atoms with Gasteiger partial charge in [0.2, 0.25) is 0 Å². The molecule has 0 aromatic carbocycles. The minimum atomic E-state index is 0.464. The maximum atomic E-state index is 5.56. The van der Waals surface area contributed by atoms with E-state index in [1.807, 2.05) is 0 Å². The molecular formula is C12H23NO. The lowest BCUT2D eigenvalue weighted by Crippen LogP contribution is -2.51. The van der Waals surface area contributed by atoms with E-state index in [-0.39, 0.29) is 0 Å². The topological polar surface area (TPSA) is 21.3 Å². The molecule has 2 heteroatoms. The van der Waals surface area contributed by atoms with Gasteiger partial charge in [-0.15, -0.1) is 0 Å². The van der Waals surface area contributed by atoms with E-state index in [0.717, 1.165) is 25.1 Å². The number of ether oxygens (including phenoxy) is 1. The van der Waals surface area contributed by atoms with Crippen molar-refractivity contribution in [2.75, 3.05) is 13.2 Å². The van der Waals surface area contributed by atoms with Gasteiger partial charge in [0.15, 0.2) is 0 Å². The number of hydrogen-bond acceptors (Lipinski definition) is 2. The fraction of sp³-hybridized carbons (Fsp3) is 1.00. The van der Waals surface area contributed by atoms with Crippen molar-refractivity contribution in [3.8, 4) is 0 Å². The molecule has 0 aromatic heterocycles. The molecule has 1 saturated carbocycles. The van der Waals surface area contributed by atoms with Crippen LogP contribution in [0.5, 0.6) is 0 Å². The second-order valence-electron chi connectivity index (χ2n) is 5.61. The molecule has 1 N–H and O–H groups in total. The summed E-state index contributed by atoms with van der Waals surface area (Å²) in [5, 5.41) is 3.70. The van der Waals surface area contributed by atoms with E-state index in [0.29, 0.717) is 11.5 Å². The molecule has 1 saturated heterocycles. The van der Waals surface area contributed by atoms with Crippen LogP contribution in [0.1, 0.15) is 40.0 Å². The van der Waals surface area contributed by atoms with E-state index < -0.39 is 0 Å². The van der Waals surface area contributed by atoms with Crippen LogP contribution in [-0.2, 0) is 4.74 Å². The van der Waals surface area contributed by atoms with E-state index in [9.17, 15) is 0 Å². The summed E-state index contributed by atoms with van der Waals surface area (Å²) < 4.78 is 5.56. The Balaban J connectivity index is 1.72. The maximum absolute atomic E-state index is 5.56. The van der Waals surface area contributed by atoms with Gasteiger partial charge in [-0.25, -0.2) is 0 Å². The van der Waals surface area contributed by atoms with Crippen molar-refractivity contribution in [3.05, 3.63) is 0 Å². The van der Waals surface area contributed by atoms with Crippen molar-refractivity contribution in [2.24, 2.45) is 11.3 Å². The first-order chi connectivity index (χ1) is 6.59. The first-order valence-electron chi connectivity index (χ1n) is 5.94. The van der Waals surface area contributed by atoms with Crippen molar-refractivity contribution in [2.45, 2.75) is 52.2 Å². The average molecular weight is 197 g/mol. The highest BCUT2D eigenvalue weighted by molar-refractivity contribution is 4.94. The lowest BCUT2D eigenvalue weighted by Gasteiger charge is -2.45. The van der Waals surface area contributed by atoms with Crippen molar-refractivity contribution in [1.82, 2.24) is 5.32 Å². The highest BCUT2D eigenvalue weighted by Crippen LogP contribution is 2.40. The lowest BCUT2D eigenvalue weighted by atomic mass is 9.67. The van der Waals surface area contributed by atoms with Crippen LogP contribution in [0.15, 0.2) is 0 Å². The van der Waals surface area contributed by atoms with Crippen molar-refractivity contribution >= 4 is 0 Å². The van der Waals surface area contributed by atoms with Crippen LogP contribution in [0.25, 0.3) is 0 Å². The molecular weight excluding hydrogens is 174 g/mol. The zero-order chi connectivity index (χ0) is 10.2. The standard InChI is InChI=1S/C12H23NO/c1-9-10(5-7-14-9)8-13-11-4-6-12(11,2)3/h9-11,13H,4-8H2,1-3H3. The van der Waals surface area contributed by atoms with Gasteiger partial charge in [-0.05, 0) is 37.5 Å². The highest BCUT2D eigenvalue weighted by Gasteiger charge is 2.38. The van der Waals surface area contributed by atoms with E-state index in [1.165, 1.54) is 19.3 Å². The zero-order valence-corrected chi connectivity index (χ0v) is 9.68. The van der Waals surface area contributed by atoms with Gasteiger partial charge in [-0.2, -0.15) is 0 Å². The monoisotopic (exact) mass is 197 g/mol. The molecule has 1 heterocycles. The Morgan fingerprint density at radius 2 is 2.14 bits per heavy atom. The van der Waals surface area contributed by atoms with Crippen LogP contribution in [0.4, 0.5) is 0 Å². The van der Waals surface area contributed by atoms with Gasteiger partial charge in [0.1, 0.15) is 0 Å². The summed E-state index contributed by atoms with van der Waals surface area (Å²) in [4.78, 5) is 0. The van der Waals surface area contributed by atoms with Crippen LogP contribution < -0.4 is 5.32 Å². The van der Waals surface area contributed by atoms with Crippen LogP contribution in [-0.4, -0.2) is 25.3 Å². The summed E-state index contributed by atoms with van der Waals surface area (Å²) in [6, 6.07) is 0.746. The van der Waals surface area contributed by atoms with Gasteiger partial charge in [-0.1, -0.05) is 13.8 Å². The number of hydrogen-bond donors (Lipinski definition) is 1. The minimum Gasteiger partial charge on any atom is -0.378 e. The van der Waals surface area contributed by atoms with Crippen LogP contribution >= 0.6 is 0 Å². The fourth-order valence-corrected chi connectivity index (χ4v) is 2.58. The molecule has 2 fully saturated rings. The number of nitrogens with one attached hydrogen (secondary N) is 1. The van der Waals surface area contributed by atoms with E-state index >= 15 is 0 Å². The average Bonchev–Trinajstić information content (AvgIpc) is 2.50. The van der Waals surface area contributed by atoms with E-state index in [2.05, 4.69) is 26.1 Å². The molecule has 3 unspecified atom stereocenters. The smallest absolute Gasteiger partial charge is 0.0588 e. The third-order valence-electron chi connectivity index (χ3n) is 4.18. The summed E-state index contributed by atoms with van der Waals surface area (Å²) >= 11 is 0. The number of rotatable bonds is 3. The molecule has 3 atom stereocenters. The van der Waals surface area contributed by atoms with Gasteiger partial charge >= 0.3 is 0 Å². The summed E-state index contributed by atoms with van der Waals surface area (Å²) in [5.74, 6) is 0.742. The largest absolute Gasteiger partial charge is 0.378 e. The molecule has 2 nitrogen and oxygen atoms in total. The first kappa shape index (κ1) is 10.4. The molecule has 1 aliphatic heterocycles. The van der Waals surface area contributed by atoms with Gasteiger partial charge in [0, 0.05) is 19.2 Å². The van der Waals surface area contributed by atoms with Crippen LogP contribution in [0.2, 0.25) is 0 Å². The Morgan fingerprint density at radius 3 is 2.57 bits per heavy atom. The quantitative estimate of drug-likeness (QED) is 0.749. The zero-order valence-electron chi connectivity index (χ0n) is 9.68. The van der Waals surface area contributed by atoms with Gasteiger partial charge in [-0.3, -0.25) is 0 Å². The summed E-state index contributed by atoms with van der Waals surface area (Å²) in [5.41, 5.74) is 0.530. The molecule has 2 rings (SSSR count). The first-order valence-corrected chi connectivity index (χ1v) is 5.94. The Morgan fingerprint density at radius 1 is 1.36 bits per heavy atom. The van der Waals surface area contributed by atoms with Crippen molar-refractivity contribution in [3.63, 3.8) is 0 Å². The Hall–Kier alpha value is -0.0800. The third-order valence-corrected chi connectivity index (χ3v) is 4.18. The molecule has 0 bridgehead atoms. The molecule has 0 amide bonds. The predicted octanol–water partition coefficient (Wildman–Crippen LogP) is 2.19. The van der Waals surface area contributed by atoms with Crippen LogP contribution in [0.3, 0.4) is 0 Å². The molecule has 0 radical (unpaired) electrons. The highest BCUT2D eigenvalue weighted by atomic mass is 16.5. The summed E-state index contributed by atoms with van der Waals surface area (Å²) in [6.45, 7) is 9.04. The third kappa shape index (κ3) is 1.96. The molecule has 0 spiro atoms. The summed E-state index contributed by atoms with van der Waals surface area (Å²) in [6.07, 6.45) is 4.43. The van der Waals surface area contributed by atoms with Crippen LogP contribution in [0, 0.1) is 11.3 Å². The normalized spacial score (nSPS) is 40.9. The molecule has 0 aromatic rings. The van der Waals surface area contributed by atoms with Gasteiger partial charge in [0.25, 0.3) is 0 Å². The van der Waals surface area contributed by atoms with Gasteiger partial charge < -0.3 is 10.1 Å². The molecule has 82 valence electrons. The maximum Gasteiger partial charge on any atom is 0.0588 e. The lowest BCUT2D eigenvalue weighted by molar-refractivity contribution is 0.0845. The fourth-order valence-electron chi connectivity index (χ4n) is 2.58. The molecule has 14 heavy (non-hydrogen) atoms. The van der Waals surface area contributed by atoms with Gasteiger partial charge in [0.05, 0.1) is 6.10 Å². The van der Waals surface area contributed by atoms with E-state index in [4.69, 9.17) is 4.74 Å².